The SMILES string of the molecule is C=CCCCN1CCC[C@H]1CO. The van der Waals surface area contributed by atoms with Crippen LogP contribution in [0.3, 0.4) is 0 Å². The van der Waals surface area contributed by atoms with Gasteiger partial charge in [-0.05, 0) is 38.8 Å². The molecule has 1 atom stereocenters. The van der Waals surface area contributed by atoms with Crippen LogP contribution in [0, 0.1) is 0 Å². The first-order valence-electron chi connectivity index (χ1n) is 4.84. The Labute approximate surface area is 74.9 Å². The lowest BCUT2D eigenvalue weighted by molar-refractivity contribution is 0.158. The van der Waals surface area contributed by atoms with E-state index in [4.69, 9.17) is 5.11 Å². The van der Waals surface area contributed by atoms with Crippen LogP contribution in [0.2, 0.25) is 0 Å². The number of likely N-dealkylation sites (tertiary alicyclic amines) is 1. The lowest BCUT2D eigenvalue weighted by Crippen LogP contribution is -2.32. The van der Waals surface area contributed by atoms with Crippen LogP contribution in [0.4, 0.5) is 0 Å². The number of hydrogen-bond acceptors (Lipinski definition) is 2. The van der Waals surface area contributed by atoms with Gasteiger partial charge in [-0.2, -0.15) is 0 Å². The Hall–Kier alpha value is -0.340. The smallest absolute Gasteiger partial charge is 0.0586 e. The van der Waals surface area contributed by atoms with Gasteiger partial charge < -0.3 is 5.11 Å². The standard InChI is InChI=1S/C10H19NO/c1-2-3-4-7-11-8-5-6-10(11)9-12/h2,10,12H,1,3-9H2/t10-/m0/s1. The summed E-state index contributed by atoms with van der Waals surface area (Å²) in [7, 11) is 0. The van der Waals surface area contributed by atoms with Crippen LogP contribution < -0.4 is 0 Å². The van der Waals surface area contributed by atoms with Crippen molar-refractivity contribution < 1.29 is 5.11 Å². The average molecular weight is 169 g/mol. The molecule has 70 valence electrons. The first-order valence-corrected chi connectivity index (χ1v) is 4.84. The van der Waals surface area contributed by atoms with E-state index in [0.717, 1.165) is 13.0 Å². The number of rotatable bonds is 5. The molecule has 0 aliphatic carbocycles. The Balaban J connectivity index is 2.16. The van der Waals surface area contributed by atoms with Crippen molar-refractivity contribution in [2.45, 2.75) is 31.7 Å². The maximum atomic E-state index is 9.03. The molecule has 0 radical (unpaired) electrons. The largest absolute Gasteiger partial charge is 0.395 e. The molecule has 0 aromatic rings. The molecule has 1 aliphatic rings. The molecule has 0 aromatic heterocycles. The van der Waals surface area contributed by atoms with Crippen molar-refractivity contribution in [1.29, 1.82) is 0 Å². The molecule has 2 heteroatoms. The Morgan fingerprint density at radius 3 is 3.08 bits per heavy atom. The fraction of sp³-hybridized carbons (Fsp3) is 0.800. The normalized spacial score (nSPS) is 24.6. The first-order chi connectivity index (χ1) is 5.88. The maximum absolute atomic E-state index is 9.03. The van der Waals surface area contributed by atoms with E-state index in [1.54, 1.807) is 0 Å². The number of hydrogen-bond donors (Lipinski definition) is 1. The Morgan fingerprint density at radius 2 is 2.42 bits per heavy atom. The maximum Gasteiger partial charge on any atom is 0.0586 e. The van der Waals surface area contributed by atoms with Gasteiger partial charge in [0.25, 0.3) is 0 Å². The minimum absolute atomic E-state index is 0.327. The third kappa shape index (κ3) is 2.61. The molecular formula is C10H19NO. The molecule has 1 fully saturated rings. The lowest BCUT2D eigenvalue weighted by atomic mass is 10.2. The first kappa shape index (κ1) is 9.75. The second-order valence-electron chi connectivity index (χ2n) is 3.45. The third-order valence-electron chi connectivity index (χ3n) is 2.56. The molecule has 12 heavy (non-hydrogen) atoms. The molecule has 1 heterocycles. The van der Waals surface area contributed by atoms with E-state index in [9.17, 15) is 0 Å². The van der Waals surface area contributed by atoms with Crippen LogP contribution in [0.25, 0.3) is 0 Å². The topological polar surface area (TPSA) is 23.5 Å². The molecule has 1 saturated heterocycles. The third-order valence-corrected chi connectivity index (χ3v) is 2.56. The summed E-state index contributed by atoms with van der Waals surface area (Å²) in [5.74, 6) is 0. The molecule has 1 N–H and O–H groups in total. The van der Waals surface area contributed by atoms with Gasteiger partial charge in [0.15, 0.2) is 0 Å². The van der Waals surface area contributed by atoms with Crippen molar-refractivity contribution >= 4 is 0 Å². The quantitative estimate of drug-likeness (QED) is 0.497. The van der Waals surface area contributed by atoms with E-state index in [0.29, 0.717) is 12.6 Å². The van der Waals surface area contributed by atoms with E-state index in [1.807, 2.05) is 6.08 Å². The summed E-state index contributed by atoms with van der Waals surface area (Å²) in [5, 5.41) is 9.03. The minimum Gasteiger partial charge on any atom is -0.395 e. The molecule has 0 saturated carbocycles. The molecule has 0 unspecified atom stereocenters. The molecule has 0 spiro atoms. The summed E-state index contributed by atoms with van der Waals surface area (Å²) < 4.78 is 0. The van der Waals surface area contributed by atoms with E-state index in [-0.39, 0.29) is 0 Å². The van der Waals surface area contributed by atoms with Crippen LogP contribution in [-0.4, -0.2) is 35.7 Å². The zero-order valence-electron chi connectivity index (χ0n) is 7.71. The summed E-state index contributed by atoms with van der Waals surface area (Å²) >= 11 is 0. The summed E-state index contributed by atoms with van der Waals surface area (Å²) in [6, 6.07) is 0.440. The van der Waals surface area contributed by atoms with Crippen molar-refractivity contribution in [2.24, 2.45) is 0 Å². The van der Waals surface area contributed by atoms with Gasteiger partial charge in [-0.3, -0.25) is 4.90 Å². The molecule has 2 nitrogen and oxygen atoms in total. The van der Waals surface area contributed by atoms with E-state index in [2.05, 4.69) is 11.5 Å². The van der Waals surface area contributed by atoms with Gasteiger partial charge in [-0.1, -0.05) is 6.08 Å². The Kier molecular flexibility index (Phi) is 4.33. The van der Waals surface area contributed by atoms with Gasteiger partial charge >= 0.3 is 0 Å². The molecular weight excluding hydrogens is 150 g/mol. The van der Waals surface area contributed by atoms with Crippen molar-refractivity contribution in [3.63, 3.8) is 0 Å². The van der Waals surface area contributed by atoms with Crippen LogP contribution >= 0.6 is 0 Å². The summed E-state index contributed by atoms with van der Waals surface area (Å²) in [6.45, 7) is 6.31. The fourth-order valence-corrected chi connectivity index (χ4v) is 1.84. The van der Waals surface area contributed by atoms with E-state index in [1.165, 1.54) is 25.8 Å². The van der Waals surface area contributed by atoms with Crippen LogP contribution in [0.15, 0.2) is 12.7 Å². The molecule has 0 bridgehead atoms. The number of aliphatic hydroxyl groups excluding tert-OH is 1. The van der Waals surface area contributed by atoms with Crippen molar-refractivity contribution in [3.05, 3.63) is 12.7 Å². The summed E-state index contributed by atoms with van der Waals surface area (Å²) in [6.07, 6.45) is 6.66. The zero-order valence-corrected chi connectivity index (χ0v) is 7.71. The molecule has 0 amide bonds. The van der Waals surface area contributed by atoms with Gasteiger partial charge in [-0.15, -0.1) is 6.58 Å². The van der Waals surface area contributed by atoms with Crippen LogP contribution in [0.1, 0.15) is 25.7 Å². The molecule has 1 aliphatic heterocycles. The predicted molar refractivity (Wildman–Crippen MR) is 51.1 cm³/mol. The van der Waals surface area contributed by atoms with Gasteiger partial charge in [0.1, 0.15) is 0 Å². The fourth-order valence-electron chi connectivity index (χ4n) is 1.84. The van der Waals surface area contributed by atoms with E-state index < -0.39 is 0 Å². The number of unbranched alkanes of at least 4 members (excludes halogenated alkanes) is 1. The molecule has 0 aromatic carbocycles. The second kappa shape index (κ2) is 5.33. The highest BCUT2D eigenvalue weighted by Gasteiger charge is 2.22. The van der Waals surface area contributed by atoms with Crippen LogP contribution in [-0.2, 0) is 0 Å². The van der Waals surface area contributed by atoms with Gasteiger partial charge in [0.2, 0.25) is 0 Å². The zero-order chi connectivity index (χ0) is 8.81. The highest BCUT2D eigenvalue weighted by Crippen LogP contribution is 2.16. The van der Waals surface area contributed by atoms with Gasteiger partial charge in [-0.25, -0.2) is 0 Å². The van der Waals surface area contributed by atoms with Crippen LogP contribution in [0.5, 0.6) is 0 Å². The summed E-state index contributed by atoms with van der Waals surface area (Å²) in [5.41, 5.74) is 0. The lowest BCUT2D eigenvalue weighted by Gasteiger charge is -2.21. The number of aliphatic hydroxyl groups is 1. The molecule has 1 rings (SSSR count). The van der Waals surface area contributed by atoms with Crippen molar-refractivity contribution in [3.8, 4) is 0 Å². The minimum atomic E-state index is 0.327. The number of nitrogens with zero attached hydrogens (tertiary/aromatic N) is 1. The Morgan fingerprint density at radius 1 is 1.58 bits per heavy atom. The summed E-state index contributed by atoms with van der Waals surface area (Å²) in [4.78, 5) is 2.39. The van der Waals surface area contributed by atoms with Crippen molar-refractivity contribution in [1.82, 2.24) is 4.90 Å². The van der Waals surface area contributed by atoms with Crippen molar-refractivity contribution in [2.75, 3.05) is 19.7 Å². The highest BCUT2D eigenvalue weighted by atomic mass is 16.3. The van der Waals surface area contributed by atoms with E-state index >= 15 is 0 Å². The average Bonchev–Trinajstić information content (AvgIpc) is 2.52. The second-order valence-corrected chi connectivity index (χ2v) is 3.45. The number of allylic oxidation sites excluding steroid dienone is 1. The van der Waals surface area contributed by atoms with Gasteiger partial charge in [0.05, 0.1) is 6.61 Å². The monoisotopic (exact) mass is 169 g/mol. The highest BCUT2D eigenvalue weighted by molar-refractivity contribution is 4.79. The van der Waals surface area contributed by atoms with Gasteiger partial charge in [0, 0.05) is 6.04 Å². The predicted octanol–water partition coefficient (Wildman–Crippen LogP) is 1.41. The Bertz CT molecular complexity index is 136.